The minimum absolute atomic E-state index is 0.00112. The second-order valence-electron chi connectivity index (χ2n) is 7.67. The van der Waals surface area contributed by atoms with Gasteiger partial charge in [-0.25, -0.2) is 13.1 Å². The van der Waals surface area contributed by atoms with Crippen molar-refractivity contribution in [1.29, 1.82) is 0 Å². The summed E-state index contributed by atoms with van der Waals surface area (Å²) in [4.78, 5) is 0.136. The average molecular weight is 473 g/mol. The zero-order valence-corrected chi connectivity index (χ0v) is 18.5. The second-order valence-corrected chi connectivity index (χ2v) is 9.44. The van der Waals surface area contributed by atoms with Crippen molar-refractivity contribution in [1.82, 2.24) is 10.0 Å². The van der Waals surface area contributed by atoms with Crippen LogP contribution in [0.3, 0.4) is 0 Å². The quantitative estimate of drug-likeness (QED) is 0.555. The van der Waals surface area contributed by atoms with Crippen LogP contribution >= 0.6 is 0 Å². The maximum absolute atomic E-state index is 12.8. The Morgan fingerprint density at radius 2 is 1.81 bits per heavy atom. The van der Waals surface area contributed by atoms with Crippen molar-refractivity contribution < 1.29 is 31.1 Å². The summed E-state index contributed by atoms with van der Waals surface area (Å²) in [6, 6.07) is 11.0. The highest BCUT2D eigenvalue weighted by Crippen LogP contribution is 2.31. The van der Waals surface area contributed by atoms with Gasteiger partial charge < -0.3 is 14.8 Å². The van der Waals surface area contributed by atoms with Gasteiger partial charge in [-0.2, -0.15) is 13.2 Å². The fraction of sp³-hybridized carbons (Fsp3) is 0.455. The summed E-state index contributed by atoms with van der Waals surface area (Å²) in [5.41, 5.74) is 0.199. The van der Waals surface area contributed by atoms with Crippen LogP contribution in [0.5, 0.6) is 5.75 Å². The van der Waals surface area contributed by atoms with Crippen LogP contribution in [0.4, 0.5) is 13.2 Å². The van der Waals surface area contributed by atoms with Crippen molar-refractivity contribution in [3.05, 3.63) is 59.7 Å². The Morgan fingerprint density at radius 3 is 2.38 bits per heavy atom. The summed E-state index contributed by atoms with van der Waals surface area (Å²) in [6.07, 6.45) is -3.50. The van der Waals surface area contributed by atoms with Gasteiger partial charge in [0, 0.05) is 26.1 Å². The van der Waals surface area contributed by atoms with Crippen LogP contribution < -0.4 is 14.8 Å². The number of hydrogen-bond acceptors (Lipinski definition) is 5. The normalized spacial score (nSPS) is 17.9. The van der Waals surface area contributed by atoms with Crippen LogP contribution in [0.25, 0.3) is 0 Å². The van der Waals surface area contributed by atoms with E-state index in [9.17, 15) is 21.6 Å². The van der Waals surface area contributed by atoms with E-state index in [1.165, 1.54) is 24.3 Å². The van der Waals surface area contributed by atoms with Gasteiger partial charge in [-0.15, -0.1) is 0 Å². The number of rotatable bonds is 10. The Hall–Kier alpha value is -2.14. The molecule has 6 nitrogen and oxygen atoms in total. The maximum atomic E-state index is 12.8. The molecule has 0 radical (unpaired) electrons. The first-order valence-corrected chi connectivity index (χ1v) is 11.8. The molecule has 2 aromatic rings. The molecule has 0 unspecified atom stereocenters. The number of nitrogens with one attached hydrogen (secondary N) is 2. The Labute approximate surface area is 186 Å². The summed E-state index contributed by atoms with van der Waals surface area (Å²) in [5, 5.41) is 3.20. The van der Waals surface area contributed by atoms with Crippen LogP contribution in [0.1, 0.15) is 17.5 Å². The minimum Gasteiger partial charge on any atom is -0.489 e. The molecule has 0 bridgehead atoms. The van der Waals surface area contributed by atoms with Crippen LogP contribution in [-0.2, 0) is 27.4 Å². The van der Waals surface area contributed by atoms with Gasteiger partial charge in [0.2, 0.25) is 10.0 Å². The Kier molecular flexibility index (Phi) is 8.16. The third-order valence-electron chi connectivity index (χ3n) is 5.40. The predicted molar refractivity (Wildman–Crippen MR) is 114 cm³/mol. The van der Waals surface area contributed by atoms with Crippen molar-refractivity contribution in [2.45, 2.75) is 30.0 Å². The molecule has 1 fully saturated rings. The van der Waals surface area contributed by atoms with Gasteiger partial charge in [0.15, 0.2) is 0 Å². The highest BCUT2D eigenvalue weighted by atomic mass is 32.2. The molecule has 32 heavy (non-hydrogen) atoms. The van der Waals surface area contributed by atoms with E-state index in [1.807, 2.05) is 0 Å². The van der Waals surface area contributed by atoms with E-state index in [4.69, 9.17) is 9.47 Å². The number of sulfonamides is 1. The van der Waals surface area contributed by atoms with E-state index in [-0.39, 0.29) is 23.1 Å². The summed E-state index contributed by atoms with van der Waals surface area (Å²) >= 11 is 0. The lowest BCUT2D eigenvalue weighted by atomic mass is 10.0. The van der Waals surface area contributed by atoms with Gasteiger partial charge in [0.25, 0.3) is 0 Å². The third kappa shape index (κ3) is 6.68. The SMILES string of the molecule is COCCc1ccc(S(=O)(=O)NC[C@@H](Oc2ccc(C(F)(F)F)cc2)[C@H]2CCNC2)cc1. The molecule has 1 aliphatic rings. The van der Waals surface area contributed by atoms with E-state index < -0.39 is 27.9 Å². The Morgan fingerprint density at radius 1 is 1.12 bits per heavy atom. The van der Waals surface area contributed by atoms with Gasteiger partial charge in [-0.3, -0.25) is 0 Å². The van der Waals surface area contributed by atoms with E-state index in [0.717, 1.165) is 30.7 Å². The predicted octanol–water partition coefficient (Wildman–Crippen LogP) is 3.23. The van der Waals surface area contributed by atoms with Crippen molar-refractivity contribution in [2.24, 2.45) is 5.92 Å². The molecule has 2 atom stereocenters. The van der Waals surface area contributed by atoms with Crippen molar-refractivity contribution in [3.63, 3.8) is 0 Å². The molecule has 176 valence electrons. The molecule has 0 spiro atoms. The highest BCUT2D eigenvalue weighted by Gasteiger charge is 2.31. The first kappa shape index (κ1) is 24.5. The molecule has 2 N–H and O–H groups in total. The van der Waals surface area contributed by atoms with Gasteiger partial charge >= 0.3 is 6.18 Å². The summed E-state index contributed by atoms with van der Waals surface area (Å²) < 4.78 is 77.4. The molecular formula is C22H27F3N2O4S. The van der Waals surface area contributed by atoms with Crippen LogP contribution in [0.15, 0.2) is 53.4 Å². The van der Waals surface area contributed by atoms with E-state index in [0.29, 0.717) is 19.6 Å². The first-order chi connectivity index (χ1) is 15.2. The topological polar surface area (TPSA) is 76.7 Å². The smallest absolute Gasteiger partial charge is 0.416 e. The molecular weight excluding hydrogens is 445 g/mol. The van der Waals surface area contributed by atoms with Gasteiger partial charge in [0.05, 0.1) is 17.1 Å². The zero-order chi connectivity index (χ0) is 23.2. The van der Waals surface area contributed by atoms with Crippen LogP contribution in [-0.4, -0.2) is 47.9 Å². The Bertz CT molecular complexity index is 958. The molecule has 0 amide bonds. The molecule has 1 heterocycles. The van der Waals surface area contributed by atoms with E-state index >= 15 is 0 Å². The number of benzene rings is 2. The molecule has 1 saturated heterocycles. The summed E-state index contributed by atoms with van der Waals surface area (Å²) in [6.45, 7) is 1.96. The molecule has 0 aromatic heterocycles. The Balaban J connectivity index is 1.67. The fourth-order valence-corrected chi connectivity index (χ4v) is 4.57. The number of alkyl halides is 3. The lowest BCUT2D eigenvalue weighted by molar-refractivity contribution is -0.137. The zero-order valence-electron chi connectivity index (χ0n) is 17.7. The largest absolute Gasteiger partial charge is 0.489 e. The minimum atomic E-state index is -4.43. The second kappa shape index (κ2) is 10.7. The molecule has 2 aromatic carbocycles. The van der Waals surface area contributed by atoms with E-state index in [1.54, 1.807) is 19.2 Å². The maximum Gasteiger partial charge on any atom is 0.416 e. The van der Waals surface area contributed by atoms with Gasteiger partial charge in [0.1, 0.15) is 11.9 Å². The number of hydrogen-bond donors (Lipinski definition) is 2. The number of ether oxygens (including phenoxy) is 2. The third-order valence-corrected chi connectivity index (χ3v) is 6.84. The van der Waals surface area contributed by atoms with Gasteiger partial charge in [-0.05, 0) is 61.3 Å². The lowest BCUT2D eigenvalue weighted by Gasteiger charge is -2.25. The summed E-state index contributed by atoms with van der Waals surface area (Å²) in [7, 11) is -2.17. The van der Waals surface area contributed by atoms with Crippen molar-refractivity contribution in [2.75, 3.05) is 33.4 Å². The molecule has 10 heteroatoms. The van der Waals surface area contributed by atoms with Crippen LogP contribution in [0, 0.1) is 5.92 Å². The molecule has 0 saturated carbocycles. The highest BCUT2D eigenvalue weighted by molar-refractivity contribution is 7.89. The standard InChI is InChI=1S/C22H27F3N2O4S/c1-30-13-11-16-2-8-20(9-3-16)32(28,29)27-15-21(17-10-12-26-14-17)31-19-6-4-18(5-7-19)22(23,24)25/h2-9,17,21,26-27H,10-15H2,1H3/t17-,21+/m0/s1. The van der Waals surface area contributed by atoms with Crippen molar-refractivity contribution >= 4 is 10.0 Å². The van der Waals surface area contributed by atoms with Crippen molar-refractivity contribution in [3.8, 4) is 5.75 Å². The number of halogens is 3. The molecule has 3 rings (SSSR count). The average Bonchev–Trinajstić information content (AvgIpc) is 3.30. The first-order valence-electron chi connectivity index (χ1n) is 10.3. The van der Waals surface area contributed by atoms with Crippen LogP contribution in [0.2, 0.25) is 0 Å². The number of methoxy groups -OCH3 is 1. The van der Waals surface area contributed by atoms with E-state index in [2.05, 4.69) is 10.0 Å². The monoisotopic (exact) mass is 472 g/mol. The molecule has 1 aliphatic heterocycles. The van der Waals surface area contributed by atoms with Gasteiger partial charge in [-0.1, -0.05) is 12.1 Å². The summed E-state index contributed by atoms with van der Waals surface area (Å²) in [5.74, 6) is 0.285. The lowest BCUT2D eigenvalue weighted by Crippen LogP contribution is -2.40. The molecule has 0 aliphatic carbocycles. The fourth-order valence-electron chi connectivity index (χ4n) is 3.53.